The van der Waals surface area contributed by atoms with Crippen molar-refractivity contribution in [1.29, 1.82) is 0 Å². The van der Waals surface area contributed by atoms with Crippen LogP contribution in [0.1, 0.15) is 10.4 Å². The quantitative estimate of drug-likeness (QED) is 0.560. The normalized spacial score (nSPS) is 10.0. The topological polar surface area (TPSA) is 44.8 Å². The van der Waals surface area contributed by atoms with Crippen LogP contribution in [-0.2, 0) is 9.47 Å². The molecule has 0 bridgehead atoms. The van der Waals surface area contributed by atoms with Crippen LogP contribution in [0.5, 0.6) is 5.75 Å². The molecule has 0 aliphatic heterocycles. The highest BCUT2D eigenvalue weighted by Gasteiger charge is 2.03. The van der Waals surface area contributed by atoms with E-state index in [1.807, 2.05) is 0 Å². The number of hydrogen-bond acceptors (Lipinski definition) is 4. The molecule has 0 radical (unpaired) electrons. The SMILES string of the molecule is CO/C=C/Oc1ccc(C(=O)OC)cc1. The highest BCUT2D eigenvalue weighted by molar-refractivity contribution is 5.89. The second-order valence-electron chi connectivity index (χ2n) is 2.64. The van der Waals surface area contributed by atoms with Gasteiger partial charge in [0.15, 0.2) is 0 Å². The van der Waals surface area contributed by atoms with Crippen molar-refractivity contribution < 1.29 is 19.0 Å². The Morgan fingerprint density at radius 1 is 1.13 bits per heavy atom. The van der Waals surface area contributed by atoms with Crippen LogP contribution >= 0.6 is 0 Å². The number of carbonyl (C=O) groups excluding carboxylic acids is 1. The molecular formula is C11H12O4. The van der Waals surface area contributed by atoms with Crippen molar-refractivity contribution in [3.63, 3.8) is 0 Å². The fraction of sp³-hybridized carbons (Fsp3) is 0.182. The Morgan fingerprint density at radius 3 is 2.33 bits per heavy atom. The average Bonchev–Trinajstić information content (AvgIpc) is 2.29. The van der Waals surface area contributed by atoms with Crippen LogP contribution in [0.2, 0.25) is 0 Å². The summed E-state index contributed by atoms with van der Waals surface area (Å²) in [4.78, 5) is 11.1. The lowest BCUT2D eigenvalue weighted by Crippen LogP contribution is -2.00. The van der Waals surface area contributed by atoms with E-state index >= 15 is 0 Å². The average molecular weight is 208 g/mol. The van der Waals surface area contributed by atoms with E-state index in [2.05, 4.69) is 9.47 Å². The molecule has 1 aromatic carbocycles. The van der Waals surface area contributed by atoms with Crippen molar-refractivity contribution in [3.8, 4) is 5.75 Å². The monoisotopic (exact) mass is 208 g/mol. The van der Waals surface area contributed by atoms with Gasteiger partial charge in [-0.15, -0.1) is 0 Å². The third kappa shape index (κ3) is 3.34. The minimum Gasteiger partial charge on any atom is -0.501 e. The van der Waals surface area contributed by atoms with Crippen LogP contribution in [0.3, 0.4) is 0 Å². The first-order chi connectivity index (χ1) is 7.27. The molecule has 1 aromatic rings. The van der Waals surface area contributed by atoms with Crippen LogP contribution in [0, 0.1) is 0 Å². The van der Waals surface area contributed by atoms with E-state index in [0.717, 1.165) is 0 Å². The highest BCUT2D eigenvalue weighted by Crippen LogP contribution is 2.12. The van der Waals surface area contributed by atoms with Crippen molar-refractivity contribution in [2.24, 2.45) is 0 Å². The van der Waals surface area contributed by atoms with Crippen LogP contribution in [0.25, 0.3) is 0 Å². The van der Waals surface area contributed by atoms with Gasteiger partial charge in [-0.05, 0) is 24.3 Å². The molecule has 0 saturated heterocycles. The summed E-state index contributed by atoms with van der Waals surface area (Å²) in [5, 5.41) is 0. The van der Waals surface area contributed by atoms with E-state index < -0.39 is 0 Å². The lowest BCUT2D eigenvalue weighted by Gasteiger charge is -2.01. The largest absolute Gasteiger partial charge is 0.501 e. The summed E-state index contributed by atoms with van der Waals surface area (Å²) in [6, 6.07) is 6.60. The number of carbonyl (C=O) groups is 1. The zero-order valence-corrected chi connectivity index (χ0v) is 8.60. The summed E-state index contributed by atoms with van der Waals surface area (Å²) in [6.07, 6.45) is 2.82. The first-order valence-corrected chi connectivity index (χ1v) is 4.30. The minimum atomic E-state index is -0.367. The van der Waals surface area contributed by atoms with Gasteiger partial charge >= 0.3 is 5.97 Å². The standard InChI is InChI=1S/C11H12O4/c1-13-7-8-15-10-5-3-9(4-6-10)11(12)14-2/h3-8H,1-2H3/b8-7+. The minimum absolute atomic E-state index is 0.367. The molecule has 0 fully saturated rings. The van der Waals surface area contributed by atoms with Gasteiger partial charge in [0.1, 0.15) is 18.3 Å². The zero-order chi connectivity index (χ0) is 11.1. The van der Waals surface area contributed by atoms with Crippen molar-refractivity contribution >= 4 is 5.97 Å². The molecule has 0 aliphatic rings. The Morgan fingerprint density at radius 2 is 1.80 bits per heavy atom. The maximum absolute atomic E-state index is 11.1. The zero-order valence-electron chi connectivity index (χ0n) is 8.60. The molecule has 4 nitrogen and oxygen atoms in total. The molecule has 0 atom stereocenters. The molecule has 0 unspecified atom stereocenters. The van der Waals surface area contributed by atoms with Gasteiger partial charge in [-0.25, -0.2) is 4.79 Å². The Labute approximate surface area is 88.1 Å². The molecule has 0 heterocycles. The molecule has 0 spiro atoms. The highest BCUT2D eigenvalue weighted by atomic mass is 16.5. The van der Waals surface area contributed by atoms with E-state index in [0.29, 0.717) is 11.3 Å². The molecule has 0 amide bonds. The lowest BCUT2D eigenvalue weighted by molar-refractivity contribution is 0.0600. The number of benzene rings is 1. The molecule has 4 heteroatoms. The number of ether oxygens (including phenoxy) is 3. The smallest absolute Gasteiger partial charge is 0.337 e. The van der Waals surface area contributed by atoms with Crippen LogP contribution in [0.15, 0.2) is 36.8 Å². The summed E-state index contributed by atoms with van der Waals surface area (Å²) < 4.78 is 14.4. The van der Waals surface area contributed by atoms with E-state index in [-0.39, 0.29) is 5.97 Å². The van der Waals surface area contributed by atoms with E-state index in [1.54, 1.807) is 24.3 Å². The summed E-state index contributed by atoms with van der Waals surface area (Å²) in [5.41, 5.74) is 0.487. The predicted octanol–water partition coefficient (Wildman–Crippen LogP) is 1.97. The van der Waals surface area contributed by atoms with E-state index in [9.17, 15) is 4.79 Å². The fourth-order valence-electron chi connectivity index (χ4n) is 0.949. The Balaban J connectivity index is 2.64. The van der Waals surface area contributed by atoms with Gasteiger partial charge in [-0.1, -0.05) is 0 Å². The third-order valence-corrected chi connectivity index (χ3v) is 1.67. The van der Waals surface area contributed by atoms with Gasteiger partial charge in [0.2, 0.25) is 0 Å². The number of esters is 1. The second-order valence-corrected chi connectivity index (χ2v) is 2.64. The van der Waals surface area contributed by atoms with Gasteiger partial charge in [-0.3, -0.25) is 0 Å². The summed E-state index contributed by atoms with van der Waals surface area (Å²) >= 11 is 0. The van der Waals surface area contributed by atoms with Crippen LogP contribution in [-0.4, -0.2) is 20.2 Å². The molecule has 1 rings (SSSR count). The van der Waals surface area contributed by atoms with Gasteiger partial charge in [0.05, 0.1) is 19.8 Å². The Kier molecular flexibility index (Phi) is 4.22. The fourth-order valence-corrected chi connectivity index (χ4v) is 0.949. The molecule has 0 aromatic heterocycles. The molecule has 0 N–H and O–H groups in total. The van der Waals surface area contributed by atoms with Gasteiger partial charge in [0.25, 0.3) is 0 Å². The van der Waals surface area contributed by atoms with Crippen molar-refractivity contribution in [2.45, 2.75) is 0 Å². The molecule has 80 valence electrons. The molecule has 0 saturated carbocycles. The second kappa shape index (κ2) is 5.70. The maximum Gasteiger partial charge on any atom is 0.337 e. The summed E-state index contributed by atoms with van der Waals surface area (Å²) in [6.45, 7) is 0. The number of hydrogen-bond donors (Lipinski definition) is 0. The van der Waals surface area contributed by atoms with Crippen molar-refractivity contribution in [3.05, 3.63) is 42.4 Å². The van der Waals surface area contributed by atoms with E-state index in [4.69, 9.17) is 4.74 Å². The van der Waals surface area contributed by atoms with Gasteiger partial charge in [0, 0.05) is 0 Å². The van der Waals surface area contributed by atoms with Gasteiger partial charge < -0.3 is 14.2 Å². The lowest BCUT2D eigenvalue weighted by atomic mass is 10.2. The number of methoxy groups -OCH3 is 2. The van der Waals surface area contributed by atoms with Gasteiger partial charge in [-0.2, -0.15) is 0 Å². The summed E-state index contributed by atoms with van der Waals surface area (Å²) in [5.74, 6) is 0.255. The predicted molar refractivity (Wildman–Crippen MR) is 54.6 cm³/mol. The van der Waals surface area contributed by atoms with E-state index in [1.165, 1.54) is 26.7 Å². The van der Waals surface area contributed by atoms with Crippen LogP contribution in [0.4, 0.5) is 0 Å². The first kappa shape index (κ1) is 11.1. The Hall–Kier alpha value is -1.97. The molecule has 15 heavy (non-hydrogen) atoms. The van der Waals surface area contributed by atoms with Crippen LogP contribution < -0.4 is 4.74 Å². The molecular weight excluding hydrogens is 196 g/mol. The summed E-state index contributed by atoms with van der Waals surface area (Å²) in [7, 11) is 2.87. The Bertz CT molecular complexity index is 340. The third-order valence-electron chi connectivity index (χ3n) is 1.67. The maximum atomic E-state index is 11.1. The molecule has 0 aliphatic carbocycles. The van der Waals surface area contributed by atoms with Crippen molar-refractivity contribution in [2.75, 3.05) is 14.2 Å². The number of rotatable bonds is 4. The van der Waals surface area contributed by atoms with Crippen molar-refractivity contribution in [1.82, 2.24) is 0 Å². The first-order valence-electron chi connectivity index (χ1n) is 4.30.